The van der Waals surface area contributed by atoms with Crippen LogP contribution >= 0.6 is 0 Å². The normalized spacial score (nSPS) is 18.2. The van der Waals surface area contributed by atoms with E-state index in [1.54, 1.807) is 0 Å². The zero-order valence-electron chi connectivity index (χ0n) is 30.8. The van der Waals surface area contributed by atoms with E-state index in [0.717, 1.165) is 0 Å². The molecule has 0 bridgehead atoms. The molecule has 2 aliphatic carbocycles. The van der Waals surface area contributed by atoms with Crippen molar-refractivity contribution in [2.24, 2.45) is 0 Å². The van der Waals surface area contributed by atoms with Crippen molar-refractivity contribution >= 4 is 38.8 Å². The Kier molecular flexibility index (Phi) is 6.53. The SMILES string of the molecule is CC1(C)c2ccccc2C2(C)C=Cc3c(c4cc(-c5ccc6c(c5)c5ccccc5n6-c5cccc(-c6ccccc6)c5)ccc4n3-c3ccccc3)C12. The summed E-state index contributed by atoms with van der Waals surface area (Å²) >= 11 is 0. The molecule has 2 unspecified atom stereocenters. The van der Waals surface area contributed by atoms with Crippen LogP contribution < -0.4 is 0 Å². The first-order valence-corrected chi connectivity index (χ1v) is 19.1. The molecule has 2 nitrogen and oxygen atoms in total. The molecule has 2 heteroatoms. The van der Waals surface area contributed by atoms with Crippen LogP contribution in [-0.2, 0) is 10.8 Å². The van der Waals surface area contributed by atoms with Crippen LogP contribution in [0.1, 0.15) is 49.1 Å². The molecule has 0 saturated carbocycles. The third kappa shape index (κ3) is 4.28. The highest BCUT2D eigenvalue weighted by Gasteiger charge is 2.55. The number of nitrogens with zero attached hydrogens (tertiary/aromatic N) is 2. The number of para-hydroxylation sites is 2. The summed E-state index contributed by atoms with van der Waals surface area (Å²) in [7, 11) is 0. The van der Waals surface area contributed by atoms with E-state index in [0.29, 0.717) is 0 Å². The lowest BCUT2D eigenvalue weighted by atomic mass is 9.63. The zero-order chi connectivity index (χ0) is 36.2. The molecule has 9 aromatic rings. The van der Waals surface area contributed by atoms with Gasteiger partial charge in [0.15, 0.2) is 0 Å². The summed E-state index contributed by atoms with van der Waals surface area (Å²) in [4.78, 5) is 0. The topological polar surface area (TPSA) is 9.86 Å². The first-order chi connectivity index (χ1) is 26.4. The molecule has 0 fully saturated rings. The molecule has 2 atom stereocenters. The van der Waals surface area contributed by atoms with Gasteiger partial charge in [0.25, 0.3) is 0 Å². The number of hydrogen-bond donors (Lipinski definition) is 0. The first-order valence-electron chi connectivity index (χ1n) is 19.1. The predicted molar refractivity (Wildman–Crippen MR) is 227 cm³/mol. The van der Waals surface area contributed by atoms with Crippen molar-refractivity contribution in [2.45, 2.75) is 37.5 Å². The Labute approximate surface area is 316 Å². The highest BCUT2D eigenvalue weighted by atomic mass is 15.0. The highest BCUT2D eigenvalue weighted by Crippen LogP contribution is 2.63. The van der Waals surface area contributed by atoms with E-state index in [-0.39, 0.29) is 16.7 Å². The Morgan fingerprint density at radius 3 is 1.78 bits per heavy atom. The van der Waals surface area contributed by atoms with Crippen LogP contribution in [0.15, 0.2) is 176 Å². The molecule has 2 aliphatic rings. The lowest BCUT2D eigenvalue weighted by Crippen LogP contribution is -2.34. The second kappa shape index (κ2) is 11.3. The fourth-order valence-corrected chi connectivity index (χ4v) is 10.4. The van der Waals surface area contributed by atoms with E-state index in [2.05, 4.69) is 212 Å². The monoisotopic (exact) mass is 692 g/mol. The van der Waals surface area contributed by atoms with Gasteiger partial charge in [-0.1, -0.05) is 142 Å². The van der Waals surface area contributed by atoms with Gasteiger partial charge in [0.1, 0.15) is 0 Å². The largest absolute Gasteiger partial charge is 0.310 e. The smallest absolute Gasteiger partial charge is 0.0541 e. The van der Waals surface area contributed by atoms with Crippen LogP contribution in [0.25, 0.3) is 72.4 Å². The third-order valence-corrected chi connectivity index (χ3v) is 12.7. The summed E-state index contributed by atoms with van der Waals surface area (Å²) in [6.45, 7) is 7.37. The fourth-order valence-electron chi connectivity index (χ4n) is 10.4. The van der Waals surface area contributed by atoms with Crippen LogP contribution in [0.5, 0.6) is 0 Å². The van der Waals surface area contributed by atoms with Gasteiger partial charge >= 0.3 is 0 Å². The van der Waals surface area contributed by atoms with Gasteiger partial charge in [-0.05, 0) is 105 Å². The second-order valence-corrected chi connectivity index (χ2v) is 16.0. The summed E-state index contributed by atoms with van der Waals surface area (Å²) in [5.74, 6) is 0.289. The number of hydrogen-bond acceptors (Lipinski definition) is 0. The number of fused-ring (bicyclic) bond motifs is 10. The van der Waals surface area contributed by atoms with Crippen molar-refractivity contribution in [3.8, 4) is 33.6 Å². The molecule has 11 rings (SSSR count). The summed E-state index contributed by atoms with van der Waals surface area (Å²) < 4.78 is 4.91. The summed E-state index contributed by atoms with van der Waals surface area (Å²) in [6.07, 6.45) is 4.90. The van der Waals surface area contributed by atoms with Crippen molar-refractivity contribution in [3.63, 3.8) is 0 Å². The molecule has 0 amide bonds. The maximum Gasteiger partial charge on any atom is 0.0541 e. The number of allylic oxidation sites excluding steroid dienone is 1. The Balaban J connectivity index is 1.12. The average molecular weight is 693 g/mol. The van der Waals surface area contributed by atoms with Gasteiger partial charge in [0.05, 0.1) is 22.2 Å². The highest BCUT2D eigenvalue weighted by molar-refractivity contribution is 6.11. The predicted octanol–water partition coefficient (Wildman–Crippen LogP) is 13.4. The Bertz CT molecular complexity index is 2970. The summed E-state index contributed by atoms with van der Waals surface area (Å²) in [5, 5.41) is 3.87. The van der Waals surface area contributed by atoms with Gasteiger partial charge in [0, 0.05) is 38.9 Å². The number of benzene rings is 7. The van der Waals surface area contributed by atoms with E-state index < -0.39 is 0 Å². The first kappa shape index (κ1) is 31.2. The van der Waals surface area contributed by atoms with E-state index in [1.165, 1.54) is 88.7 Å². The molecule has 7 aromatic carbocycles. The molecular weight excluding hydrogens is 653 g/mol. The molecule has 2 heterocycles. The van der Waals surface area contributed by atoms with Crippen LogP contribution in [0.4, 0.5) is 0 Å². The molecular formula is C52H40N2. The molecule has 0 aliphatic heterocycles. The second-order valence-electron chi connectivity index (χ2n) is 16.0. The Morgan fingerprint density at radius 2 is 1.00 bits per heavy atom. The van der Waals surface area contributed by atoms with Crippen molar-refractivity contribution in [3.05, 3.63) is 198 Å². The van der Waals surface area contributed by atoms with E-state index in [9.17, 15) is 0 Å². The maximum atomic E-state index is 2.49. The molecule has 0 N–H and O–H groups in total. The zero-order valence-corrected chi connectivity index (χ0v) is 30.8. The molecule has 258 valence electrons. The van der Waals surface area contributed by atoms with Crippen LogP contribution in [0, 0.1) is 0 Å². The minimum Gasteiger partial charge on any atom is -0.310 e. The summed E-state index contributed by atoms with van der Waals surface area (Å²) in [6, 6.07) is 62.7. The maximum absolute atomic E-state index is 2.49. The van der Waals surface area contributed by atoms with Crippen molar-refractivity contribution in [1.29, 1.82) is 0 Å². The number of aromatic nitrogens is 2. The lowest BCUT2D eigenvalue weighted by Gasteiger charge is -2.40. The molecule has 0 saturated heterocycles. The summed E-state index contributed by atoms with van der Waals surface area (Å²) in [5.41, 5.74) is 16.5. The number of rotatable bonds is 4. The molecule has 0 spiro atoms. The Hall–Kier alpha value is -6.38. The Morgan fingerprint density at radius 1 is 0.426 bits per heavy atom. The van der Waals surface area contributed by atoms with Gasteiger partial charge in [-0.15, -0.1) is 0 Å². The third-order valence-electron chi connectivity index (χ3n) is 12.7. The van der Waals surface area contributed by atoms with Gasteiger partial charge in [0.2, 0.25) is 0 Å². The quantitative estimate of drug-likeness (QED) is 0.174. The fraction of sp³-hybridized carbons (Fsp3) is 0.115. The van der Waals surface area contributed by atoms with Crippen molar-refractivity contribution < 1.29 is 0 Å². The van der Waals surface area contributed by atoms with Crippen molar-refractivity contribution in [1.82, 2.24) is 9.13 Å². The standard InChI is InChI=1S/C52H40N2/c1-51(2)43-22-11-12-23-44(43)52(3)30-29-48-49(50(51)52)42-33-37(26-28-47(42)53(48)38-18-8-5-9-19-38)36-25-27-46-41(32-36)40-21-10-13-24-45(40)54(46)39-20-14-17-35(31-39)34-15-6-4-7-16-34/h4-33,50H,1-3H3. The minimum atomic E-state index is -0.0997. The van der Waals surface area contributed by atoms with Gasteiger partial charge in [-0.3, -0.25) is 0 Å². The molecule has 2 aromatic heterocycles. The van der Waals surface area contributed by atoms with Crippen molar-refractivity contribution in [2.75, 3.05) is 0 Å². The van der Waals surface area contributed by atoms with Crippen LogP contribution in [0.2, 0.25) is 0 Å². The average Bonchev–Trinajstić information content (AvgIpc) is 3.79. The van der Waals surface area contributed by atoms with E-state index >= 15 is 0 Å². The minimum absolute atomic E-state index is 0.0464. The van der Waals surface area contributed by atoms with E-state index in [1.807, 2.05) is 0 Å². The van der Waals surface area contributed by atoms with Crippen LogP contribution in [-0.4, -0.2) is 9.13 Å². The van der Waals surface area contributed by atoms with Crippen LogP contribution in [0.3, 0.4) is 0 Å². The van der Waals surface area contributed by atoms with Gasteiger partial charge in [-0.25, -0.2) is 0 Å². The van der Waals surface area contributed by atoms with Gasteiger partial charge < -0.3 is 9.13 Å². The van der Waals surface area contributed by atoms with E-state index in [4.69, 9.17) is 0 Å². The lowest BCUT2D eigenvalue weighted by molar-refractivity contribution is 0.356. The van der Waals surface area contributed by atoms with Gasteiger partial charge in [-0.2, -0.15) is 0 Å². The molecule has 0 radical (unpaired) electrons. The molecule has 54 heavy (non-hydrogen) atoms.